The number of carbonyl (C=O) groups excluding carboxylic acids is 3. The fourth-order valence-corrected chi connectivity index (χ4v) is 5.38. The first-order valence-corrected chi connectivity index (χ1v) is 13.4. The number of carbonyl (C=O) groups is 3. The molecule has 10 heteroatoms. The zero-order chi connectivity index (χ0) is 28.4. The van der Waals surface area contributed by atoms with Gasteiger partial charge < -0.3 is 24.4 Å². The van der Waals surface area contributed by atoms with Gasteiger partial charge >= 0.3 is 5.97 Å². The van der Waals surface area contributed by atoms with Crippen molar-refractivity contribution in [3.63, 3.8) is 0 Å². The number of pyridine rings is 1. The van der Waals surface area contributed by atoms with Crippen molar-refractivity contribution in [2.75, 3.05) is 20.3 Å². The number of nitrogens with one attached hydrogen (secondary N) is 1. The number of hydrogen-bond donors (Lipinski definition) is 1. The average Bonchev–Trinajstić information content (AvgIpc) is 3.51. The minimum atomic E-state index is -1.14. The van der Waals surface area contributed by atoms with Gasteiger partial charge in [0.05, 0.1) is 31.5 Å². The molecule has 1 saturated carbocycles. The Morgan fingerprint density at radius 2 is 1.98 bits per heavy atom. The van der Waals surface area contributed by atoms with E-state index >= 15 is 0 Å². The number of likely N-dealkylation sites (tertiary alicyclic amines) is 1. The highest BCUT2D eigenvalue weighted by Crippen LogP contribution is 2.45. The molecular formula is C30H32BN3O6. The molecule has 1 N–H and O–H groups in total. The van der Waals surface area contributed by atoms with Crippen molar-refractivity contribution in [2.24, 2.45) is 5.92 Å². The van der Waals surface area contributed by atoms with E-state index in [0.717, 1.165) is 16.6 Å². The molecule has 2 aromatic carbocycles. The fourth-order valence-electron chi connectivity index (χ4n) is 5.38. The molecule has 2 aliphatic rings. The molecule has 2 amide bonds. The highest BCUT2D eigenvalue weighted by atomic mass is 16.5. The van der Waals surface area contributed by atoms with Crippen LogP contribution in [0.5, 0.6) is 11.5 Å². The van der Waals surface area contributed by atoms with Crippen molar-refractivity contribution < 1.29 is 28.6 Å². The third kappa shape index (κ3) is 5.13. The Kier molecular flexibility index (Phi) is 7.52. The maximum absolute atomic E-state index is 13.5. The molecule has 0 radical (unpaired) electrons. The summed E-state index contributed by atoms with van der Waals surface area (Å²) in [6.07, 6.45) is 1.88. The minimum Gasteiger partial charge on any atom is -0.497 e. The van der Waals surface area contributed by atoms with Crippen molar-refractivity contribution >= 4 is 36.4 Å². The minimum absolute atomic E-state index is 0.204. The van der Waals surface area contributed by atoms with Gasteiger partial charge in [0.1, 0.15) is 29.2 Å². The van der Waals surface area contributed by atoms with Crippen molar-refractivity contribution in [3.8, 4) is 22.8 Å². The van der Waals surface area contributed by atoms with Gasteiger partial charge in [-0.15, -0.1) is 6.58 Å². The maximum atomic E-state index is 13.5. The van der Waals surface area contributed by atoms with Crippen LogP contribution < -0.4 is 14.8 Å². The predicted molar refractivity (Wildman–Crippen MR) is 153 cm³/mol. The Hall–Kier alpha value is -4.34. The molecule has 5 rings (SSSR count). The Morgan fingerprint density at radius 1 is 1.20 bits per heavy atom. The van der Waals surface area contributed by atoms with Gasteiger partial charge in [-0.3, -0.25) is 9.59 Å². The summed E-state index contributed by atoms with van der Waals surface area (Å²) in [5.74, 6) is -0.0930. The molecule has 0 bridgehead atoms. The van der Waals surface area contributed by atoms with E-state index in [2.05, 4.69) is 11.9 Å². The summed E-state index contributed by atoms with van der Waals surface area (Å²) in [7, 11) is 3.03. The van der Waals surface area contributed by atoms with Crippen LogP contribution in [0.4, 0.5) is 4.79 Å². The van der Waals surface area contributed by atoms with Crippen molar-refractivity contribution in [1.82, 2.24) is 15.2 Å². The van der Waals surface area contributed by atoms with E-state index < -0.39 is 29.6 Å². The van der Waals surface area contributed by atoms with E-state index in [4.69, 9.17) is 19.2 Å². The summed E-state index contributed by atoms with van der Waals surface area (Å²) < 4.78 is 17.1. The number of ether oxygens (including phenoxy) is 3. The third-order valence-corrected chi connectivity index (χ3v) is 7.60. The SMILES string of the molecule is BC(=O)N1C[C@H](Oc2cc(-c3ccccc3)nc3cc(OC)ccc23)C[C@H]1C(=O)N[C@]1(C(=O)OCC)CC1C=C. The van der Waals surface area contributed by atoms with Crippen LogP contribution in [0.2, 0.25) is 0 Å². The van der Waals surface area contributed by atoms with E-state index in [9.17, 15) is 14.4 Å². The Morgan fingerprint density at radius 3 is 2.62 bits per heavy atom. The summed E-state index contributed by atoms with van der Waals surface area (Å²) in [6.45, 7) is 5.93. The first-order valence-electron chi connectivity index (χ1n) is 13.4. The Balaban J connectivity index is 1.42. The molecule has 1 unspecified atom stereocenters. The maximum Gasteiger partial charge on any atom is 0.332 e. The van der Waals surface area contributed by atoms with E-state index in [1.54, 1.807) is 20.1 Å². The molecule has 1 aliphatic carbocycles. The van der Waals surface area contributed by atoms with Crippen LogP contribution >= 0.6 is 0 Å². The molecule has 2 fully saturated rings. The van der Waals surface area contributed by atoms with Gasteiger partial charge in [0.25, 0.3) is 0 Å². The molecule has 3 aromatic rings. The monoisotopic (exact) mass is 541 g/mol. The van der Waals surface area contributed by atoms with Crippen LogP contribution in [0.3, 0.4) is 0 Å². The molecule has 206 valence electrons. The fraction of sp³-hybridized carbons (Fsp3) is 0.333. The molecule has 1 aliphatic heterocycles. The van der Waals surface area contributed by atoms with Crippen LogP contribution in [-0.2, 0) is 14.3 Å². The van der Waals surface area contributed by atoms with Gasteiger partial charge in [0.15, 0.2) is 5.81 Å². The average molecular weight is 541 g/mol. The first kappa shape index (κ1) is 27.2. The summed E-state index contributed by atoms with van der Waals surface area (Å²) in [5.41, 5.74) is 1.22. The smallest absolute Gasteiger partial charge is 0.332 e. The molecule has 2 heterocycles. The van der Waals surface area contributed by atoms with Crippen LogP contribution in [0.1, 0.15) is 19.8 Å². The summed E-state index contributed by atoms with van der Waals surface area (Å²) in [4.78, 5) is 45.1. The lowest BCUT2D eigenvalue weighted by molar-refractivity contribution is -0.149. The molecule has 1 saturated heterocycles. The van der Waals surface area contributed by atoms with E-state index in [-0.39, 0.29) is 31.3 Å². The van der Waals surface area contributed by atoms with Crippen molar-refractivity contribution in [3.05, 3.63) is 67.3 Å². The molecule has 40 heavy (non-hydrogen) atoms. The highest BCUT2D eigenvalue weighted by Gasteiger charge is 2.62. The second-order valence-electron chi connectivity index (χ2n) is 10.1. The summed E-state index contributed by atoms with van der Waals surface area (Å²) in [6, 6.07) is 16.4. The number of benzene rings is 2. The number of nitrogens with zero attached hydrogens (tertiary/aromatic N) is 2. The second-order valence-corrected chi connectivity index (χ2v) is 10.1. The second kappa shape index (κ2) is 11.0. The van der Waals surface area contributed by atoms with Crippen LogP contribution in [0.25, 0.3) is 22.2 Å². The molecule has 9 nitrogen and oxygen atoms in total. The van der Waals surface area contributed by atoms with Crippen molar-refractivity contribution in [1.29, 1.82) is 0 Å². The molecule has 0 spiro atoms. The number of aromatic nitrogens is 1. The van der Waals surface area contributed by atoms with Gasteiger partial charge in [0.2, 0.25) is 13.8 Å². The number of rotatable bonds is 9. The predicted octanol–water partition coefficient (Wildman–Crippen LogP) is 3.11. The number of methoxy groups -OCH3 is 1. The molecular weight excluding hydrogens is 509 g/mol. The first-order chi connectivity index (χ1) is 19.3. The van der Waals surface area contributed by atoms with E-state index in [1.807, 2.05) is 54.6 Å². The lowest BCUT2D eigenvalue weighted by atomic mass is 10.1. The van der Waals surface area contributed by atoms with Gasteiger partial charge in [-0.05, 0) is 25.5 Å². The highest BCUT2D eigenvalue weighted by molar-refractivity contribution is 6.57. The normalized spacial score (nSPS) is 23.4. The topological polar surface area (TPSA) is 107 Å². The van der Waals surface area contributed by atoms with E-state index in [0.29, 0.717) is 23.4 Å². The van der Waals surface area contributed by atoms with Crippen LogP contribution in [-0.4, -0.2) is 73.4 Å². The quantitative estimate of drug-likeness (QED) is 0.252. The lowest BCUT2D eigenvalue weighted by Crippen LogP contribution is -2.53. The van der Waals surface area contributed by atoms with Gasteiger partial charge in [-0.1, -0.05) is 36.4 Å². The lowest BCUT2D eigenvalue weighted by Gasteiger charge is -2.25. The molecule has 1 aromatic heterocycles. The number of fused-ring (bicyclic) bond motifs is 1. The Labute approximate surface area is 233 Å². The Bertz CT molecular complexity index is 1460. The van der Waals surface area contributed by atoms with Crippen LogP contribution in [0.15, 0.2) is 67.3 Å². The third-order valence-electron chi connectivity index (χ3n) is 7.60. The number of hydrogen-bond acceptors (Lipinski definition) is 7. The summed E-state index contributed by atoms with van der Waals surface area (Å²) >= 11 is 0. The van der Waals surface area contributed by atoms with E-state index in [1.165, 1.54) is 12.7 Å². The number of amides is 2. The van der Waals surface area contributed by atoms with Crippen LogP contribution in [0, 0.1) is 5.92 Å². The largest absolute Gasteiger partial charge is 0.497 e. The van der Waals surface area contributed by atoms with Gasteiger partial charge in [0, 0.05) is 35.4 Å². The molecule has 4 atom stereocenters. The zero-order valence-electron chi connectivity index (χ0n) is 22.9. The summed E-state index contributed by atoms with van der Waals surface area (Å²) in [5, 5.41) is 3.67. The number of esters is 1. The van der Waals surface area contributed by atoms with Gasteiger partial charge in [-0.25, -0.2) is 9.78 Å². The zero-order valence-corrected chi connectivity index (χ0v) is 22.9. The van der Waals surface area contributed by atoms with Crippen molar-refractivity contribution in [2.45, 2.75) is 37.5 Å². The van der Waals surface area contributed by atoms with Gasteiger partial charge in [-0.2, -0.15) is 0 Å². The standard InChI is InChI=1S/C30H32BN3O6/c1-4-19-16-30(19,28(36)39-5-2)33-27(35)25-14-21(17-34(25)29(31)37)40-26-15-23(18-9-7-6-8-10-18)32-24-13-20(38-3)11-12-22(24)26/h4,6-13,15,19,21,25H,1,5,14,16-17,31H2,2-3H3,(H,33,35)/t19?,21-,25+,30-/m1/s1.